The van der Waals surface area contributed by atoms with Crippen molar-refractivity contribution in [1.29, 1.82) is 0 Å². The maximum Gasteiger partial charge on any atom is 0.416 e. The van der Waals surface area contributed by atoms with Gasteiger partial charge in [0.05, 0.1) is 5.56 Å². The fourth-order valence-corrected chi connectivity index (χ4v) is 1.69. The van der Waals surface area contributed by atoms with Gasteiger partial charge in [-0.3, -0.25) is 4.79 Å². The fraction of sp³-hybridized carbons (Fsp3) is 0.0909. The molecule has 0 aliphatic heterocycles. The predicted octanol–water partition coefficient (Wildman–Crippen LogP) is 3.11. The second kappa shape index (κ2) is 4.58. The first-order valence-electron chi connectivity index (χ1n) is 4.93. The molecule has 1 aromatic heterocycles. The van der Waals surface area contributed by atoms with Gasteiger partial charge in [-0.25, -0.2) is 0 Å². The Balaban J connectivity index is 2.41. The van der Waals surface area contributed by atoms with E-state index < -0.39 is 17.6 Å². The minimum Gasteiger partial charge on any atom is -0.364 e. The van der Waals surface area contributed by atoms with E-state index in [1.807, 2.05) is 0 Å². The van der Waals surface area contributed by atoms with Crippen LogP contribution in [0.25, 0.3) is 11.3 Å². The molecule has 1 amide bonds. The molecule has 4 nitrogen and oxygen atoms in total. The Kier molecular flexibility index (Phi) is 3.23. The van der Waals surface area contributed by atoms with Crippen LogP contribution in [0.4, 0.5) is 13.2 Å². The third-order valence-corrected chi connectivity index (χ3v) is 2.69. The molecule has 0 unspecified atom stereocenters. The first-order valence-corrected chi connectivity index (χ1v) is 5.31. The highest BCUT2D eigenvalue weighted by atomic mass is 35.5. The fourth-order valence-electron chi connectivity index (χ4n) is 1.42. The maximum atomic E-state index is 12.4. The standard InChI is InChI=1S/C11H6ClF3N2O2/c12-7-8(10(16)18)17-19-9(7)5-1-3-6(4-2-5)11(13,14)15/h1-4H,(H2,16,18). The molecule has 2 N–H and O–H groups in total. The number of nitrogens with zero attached hydrogens (tertiary/aromatic N) is 1. The molecule has 0 radical (unpaired) electrons. The van der Waals surface area contributed by atoms with Crippen molar-refractivity contribution in [2.45, 2.75) is 6.18 Å². The van der Waals surface area contributed by atoms with Gasteiger partial charge in [-0.1, -0.05) is 28.9 Å². The molecule has 19 heavy (non-hydrogen) atoms. The quantitative estimate of drug-likeness (QED) is 0.924. The topological polar surface area (TPSA) is 69.1 Å². The van der Waals surface area contributed by atoms with Crippen LogP contribution >= 0.6 is 11.6 Å². The van der Waals surface area contributed by atoms with E-state index >= 15 is 0 Å². The van der Waals surface area contributed by atoms with Crippen molar-refractivity contribution < 1.29 is 22.5 Å². The Bertz CT molecular complexity index is 620. The molecule has 0 saturated heterocycles. The molecule has 2 aromatic rings. The van der Waals surface area contributed by atoms with Gasteiger partial charge < -0.3 is 10.3 Å². The van der Waals surface area contributed by atoms with Gasteiger partial charge in [-0.15, -0.1) is 0 Å². The van der Waals surface area contributed by atoms with Crippen LogP contribution in [-0.4, -0.2) is 11.1 Å². The maximum absolute atomic E-state index is 12.4. The van der Waals surface area contributed by atoms with Gasteiger partial charge in [0.1, 0.15) is 5.02 Å². The molecule has 0 atom stereocenters. The van der Waals surface area contributed by atoms with Gasteiger partial charge in [0.2, 0.25) is 0 Å². The van der Waals surface area contributed by atoms with Gasteiger partial charge in [-0.05, 0) is 12.1 Å². The van der Waals surface area contributed by atoms with Crippen LogP contribution in [0.1, 0.15) is 16.1 Å². The Morgan fingerprint density at radius 2 is 1.84 bits per heavy atom. The molecule has 0 saturated carbocycles. The van der Waals surface area contributed by atoms with Gasteiger partial charge in [0.15, 0.2) is 11.5 Å². The first kappa shape index (κ1) is 13.4. The Morgan fingerprint density at radius 1 is 1.26 bits per heavy atom. The lowest BCUT2D eigenvalue weighted by atomic mass is 10.1. The number of nitrogens with two attached hydrogens (primary N) is 1. The lowest BCUT2D eigenvalue weighted by molar-refractivity contribution is -0.137. The summed E-state index contributed by atoms with van der Waals surface area (Å²) in [6.45, 7) is 0. The molecule has 0 spiro atoms. The van der Waals surface area contributed by atoms with Crippen molar-refractivity contribution in [3.8, 4) is 11.3 Å². The highest BCUT2D eigenvalue weighted by Gasteiger charge is 2.30. The number of alkyl halides is 3. The summed E-state index contributed by atoms with van der Waals surface area (Å²) in [5.41, 5.74) is 4.18. The molecule has 0 aliphatic carbocycles. The molecule has 8 heteroatoms. The molecule has 100 valence electrons. The summed E-state index contributed by atoms with van der Waals surface area (Å²) in [4.78, 5) is 10.9. The molecule has 1 aromatic carbocycles. The number of hydrogen-bond acceptors (Lipinski definition) is 3. The van der Waals surface area contributed by atoms with Gasteiger partial charge in [0, 0.05) is 5.56 Å². The number of amides is 1. The zero-order chi connectivity index (χ0) is 14.2. The lowest BCUT2D eigenvalue weighted by Gasteiger charge is -2.06. The van der Waals surface area contributed by atoms with Crippen molar-refractivity contribution in [3.63, 3.8) is 0 Å². The molecule has 0 fully saturated rings. The van der Waals surface area contributed by atoms with Crippen molar-refractivity contribution in [2.24, 2.45) is 5.73 Å². The Morgan fingerprint density at radius 3 is 2.26 bits per heavy atom. The summed E-state index contributed by atoms with van der Waals surface area (Å²) >= 11 is 5.80. The predicted molar refractivity (Wildman–Crippen MR) is 60.5 cm³/mol. The molecule has 2 rings (SSSR count). The highest BCUT2D eigenvalue weighted by molar-refractivity contribution is 6.35. The van der Waals surface area contributed by atoms with E-state index in [1.165, 1.54) is 12.1 Å². The van der Waals surface area contributed by atoms with Gasteiger partial charge in [0.25, 0.3) is 5.91 Å². The minimum absolute atomic E-state index is 0.0100. The summed E-state index contributed by atoms with van der Waals surface area (Å²) < 4.78 is 42.0. The first-order chi connectivity index (χ1) is 8.80. The summed E-state index contributed by atoms with van der Waals surface area (Å²) in [6, 6.07) is 4.08. The second-order valence-electron chi connectivity index (χ2n) is 3.61. The molecule has 0 bridgehead atoms. The van der Waals surface area contributed by atoms with Crippen LogP contribution in [-0.2, 0) is 6.18 Å². The van der Waals surface area contributed by atoms with Gasteiger partial charge >= 0.3 is 6.18 Å². The van der Waals surface area contributed by atoms with E-state index in [1.54, 1.807) is 0 Å². The molecule has 1 heterocycles. The van der Waals surface area contributed by atoms with E-state index in [2.05, 4.69) is 5.16 Å². The van der Waals surface area contributed by atoms with Crippen LogP contribution in [0.15, 0.2) is 28.8 Å². The van der Waals surface area contributed by atoms with E-state index in [9.17, 15) is 18.0 Å². The SMILES string of the molecule is NC(=O)c1noc(-c2ccc(C(F)(F)F)cc2)c1Cl. The van der Waals surface area contributed by atoms with Crippen LogP contribution in [0.3, 0.4) is 0 Å². The van der Waals surface area contributed by atoms with Crippen LogP contribution < -0.4 is 5.73 Å². The van der Waals surface area contributed by atoms with Crippen LogP contribution in [0.2, 0.25) is 5.02 Å². The summed E-state index contributed by atoms with van der Waals surface area (Å²) in [7, 11) is 0. The number of rotatable bonds is 2. The molecular weight excluding hydrogens is 285 g/mol. The van der Waals surface area contributed by atoms with Crippen LogP contribution in [0.5, 0.6) is 0 Å². The van der Waals surface area contributed by atoms with E-state index in [0.29, 0.717) is 0 Å². The largest absolute Gasteiger partial charge is 0.416 e. The third kappa shape index (κ3) is 2.55. The number of benzene rings is 1. The number of aromatic nitrogens is 1. The monoisotopic (exact) mass is 290 g/mol. The van der Waals surface area contributed by atoms with Crippen molar-refractivity contribution >= 4 is 17.5 Å². The van der Waals surface area contributed by atoms with E-state index in [4.69, 9.17) is 21.9 Å². The van der Waals surface area contributed by atoms with E-state index in [-0.39, 0.29) is 22.0 Å². The second-order valence-corrected chi connectivity index (χ2v) is 3.99. The number of carbonyl (C=O) groups is 1. The van der Waals surface area contributed by atoms with Crippen LogP contribution in [0, 0.1) is 0 Å². The Hall–Kier alpha value is -2.02. The number of hydrogen-bond donors (Lipinski definition) is 1. The smallest absolute Gasteiger partial charge is 0.364 e. The summed E-state index contributed by atoms with van der Waals surface area (Å²) in [5, 5.41) is 3.23. The summed E-state index contributed by atoms with van der Waals surface area (Å²) in [6.07, 6.45) is -4.43. The van der Waals surface area contributed by atoms with Crippen molar-refractivity contribution in [1.82, 2.24) is 5.16 Å². The lowest BCUT2D eigenvalue weighted by Crippen LogP contribution is -2.11. The number of carbonyl (C=O) groups excluding carboxylic acids is 1. The normalized spacial score (nSPS) is 11.6. The summed E-state index contributed by atoms with van der Waals surface area (Å²) in [5.74, 6) is -0.892. The average molecular weight is 291 g/mol. The van der Waals surface area contributed by atoms with Crippen molar-refractivity contribution in [2.75, 3.05) is 0 Å². The zero-order valence-corrected chi connectivity index (χ0v) is 9.92. The van der Waals surface area contributed by atoms with Crippen molar-refractivity contribution in [3.05, 3.63) is 40.5 Å². The minimum atomic E-state index is -4.43. The highest BCUT2D eigenvalue weighted by Crippen LogP contribution is 2.34. The molecular formula is C11H6ClF3N2O2. The Labute approximate surface area is 109 Å². The average Bonchev–Trinajstić information content (AvgIpc) is 2.70. The third-order valence-electron chi connectivity index (χ3n) is 2.34. The van der Waals surface area contributed by atoms with Gasteiger partial charge in [-0.2, -0.15) is 13.2 Å². The van der Waals surface area contributed by atoms with E-state index in [0.717, 1.165) is 12.1 Å². The molecule has 0 aliphatic rings. The zero-order valence-electron chi connectivity index (χ0n) is 9.16. The number of halogens is 4. The number of primary amides is 1.